The largest absolute Gasteiger partial charge is 0.370 e. The van der Waals surface area contributed by atoms with Gasteiger partial charge in [-0.1, -0.05) is 11.6 Å². The first-order chi connectivity index (χ1) is 18.1. The van der Waals surface area contributed by atoms with E-state index in [1.165, 1.54) is 10.7 Å². The summed E-state index contributed by atoms with van der Waals surface area (Å²) in [7, 11) is 1.74. The molecule has 2 atom stereocenters. The molecule has 1 aromatic carbocycles. The van der Waals surface area contributed by atoms with Gasteiger partial charge in [-0.25, -0.2) is 4.98 Å². The first-order valence-electron chi connectivity index (χ1n) is 12.5. The number of hydrogen-bond donors (Lipinski definition) is 2. The van der Waals surface area contributed by atoms with Crippen molar-refractivity contribution in [2.24, 2.45) is 5.92 Å². The Labute approximate surface area is 219 Å². The maximum atomic E-state index is 9.77. The fraction of sp³-hybridized carbons (Fsp3) is 0.480. The molecule has 2 aliphatic heterocycles. The van der Waals surface area contributed by atoms with Gasteiger partial charge in [-0.3, -0.25) is 4.90 Å². The zero-order chi connectivity index (χ0) is 25.5. The molecule has 0 radical (unpaired) electrons. The van der Waals surface area contributed by atoms with Crippen LogP contribution in [-0.4, -0.2) is 70.0 Å². The van der Waals surface area contributed by atoms with Crippen LogP contribution >= 0.6 is 11.6 Å². The fourth-order valence-corrected chi connectivity index (χ4v) is 5.75. The van der Waals surface area contributed by atoms with Gasteiger partial charge in [-0.05, 0) is 43.7 Å². The monoisotopic (exact) mass is 518 g/mol. The lowest BCUT2D eigenvalue weighted by Gasteiger charge is -2.39. The molecule has 37 heavy (non-hydrogen) atoms. The second-order valence-corrected chi connectivity index (χ2v) is 10.2. The molecule has 3 aromatic rings. The number of nitrogens with one attached hydrogen (secondary N) is 2. The summed E-state index contributed by atoms with van der Waals surface area (Å²) in [6.07, 6.45) is 5.73. The zero-order valence-corrected chi connectivity index (χ0v) is 21.2. The minimum atomic E-state index is 0.262. The highest BCUT2D eigenvalue weighted by Crippen LogP contribution is 2.40. The summed E-state index contributed by atoms with van der Waals surface area (Å²) in [6.45, 7) is 3.41. The smallest absolute Gasteiger partial charge is 0.247 e. The number of nitrogens with zero attached hydrogens (tertiary/aromatic N) is 8. The standard InChI is InChI=1S/C25H27ClN10O/c1-37-14-35-6-4-16-13-34(7-5-20(16)35)21-9-15(10-27)8-19(22(21)26)31-25-32-23(30-17-2-3-17)24-29-12-18(11-28)36(24)33-25/h8-9,12,16-17,20H,2-7,13-14H2,1H3,(H2,30,31,32,33). The summed E-state index contributed by atoms with van der Waals surface area (Å²) in [5, 5.41) is 30.9. The Balaban J connectivity index is 1.31. The molecule has 6 rings (SSSR count). The SMILES string of the molecule is COCN1CCC2CN(c3cc(C#N)cc(Nc4nc(NC5CC5)c5ncc(C#N)n5n4)c3Cl)CCC21. The van der Waals surface area contributed by atoms with Gasteiger partial charge < -0.3 is 20.3 Å². The number of benzene rings is 1. The van der Waals surface area contributed by atoms with Gasteiger partial charge in [0.2, 0.25) is 5.95 Å². The lowest BCUT2D eigenvalue weighted by atomic mass is 9.92. The number of ether oxygens (including phenoxy) is 1. The van der Waals surface area contributed by atoms with Gasteiger partial charge in [0, 0.05) is 38.8 Å². The van der Waals surface area contributed by atoms with E-state index in [1.54, 1.807) is 13.2 Å². The van der Waals surface area contributed by atoms with E-state index in [0.717, 1.165) is 51.0 Å². The van der Waals surface area contributed by atoms with E-state index < -0.39 is 0 Å². The van der Waals surface area contributed by atoms with Crippen molar-refractivity contribution in [3.8, 4) is 12.1 Å². The van der Waals surface area contributed by atoms with Crippen LogP contribution in [0.5, 0.6) is 0 Å². The normalized spacial score (nSPS) is 21.5. The molecule has 0 bridgehead atoms. The van der Waals surface area contributed by atoms with Crippen LogP contribution in [0, 0.1) is 28.6 Å². The van der Waals surface area contributed by atoms with Crippen molar-refractivity contribution < 1.29 is 4.74 Å². The average molecular weight is 519 g/mol. The number of halogens is 1. The maximum absolute atomic E-state index is 9.77. The summed E-state index contributed by atoms with van der Waals surface area (Å²) in [4.78, 5) is 13.6. The van der Waals surface area contributed by atoms with Crippen LogP contribution in [0.25, 0.3) is 5.65 Å². The van der Waals surface area contributed by atoms with E-state index in [0.29, 0.717) is 58.2 Å². The summed E-state index contributed by atoms with van der Waals surface area (Å²) in [5.74, 6) is 1.34. The third kappa shape index (κ3) is 4.51. The van der Waals surface area contributed by atoms with Crippen molar-refractivity contribution in [1.29, 1.82) is 10.5 Å². The zero-order valence-electron chi connectivity index (χ0n) is 20.5. The van der Waals surface area contributed by atoms with E-state index in [4.69, 9.17) is 16.3 Å². The molecule has 2 unspecified atom stereocenters. The number of imidazole rings is 1. The number of methoxy groups -OCH3 is 1. The van der Waals surface area contributed by atoms with Gasteiger partial charge in [0.15, 0.2) is 17.2 Å². The number of aromatic nitrogens is 4. The number of fused-ring (bicyclic) bond motifs is 2. The molecular weight excluding hydrogens is 492 g/mol. The summed E-state index contributed by atoms with van der Waals surface area (Å²) >= 11 is 6.95. The molecule has 190 valence electrons. The van der Waals surface area contributed by atoms with Crippen molar-refractivity contribution >= 4 is 40.4 Å². The molecule has 0 amide bonds. The van der Waals surface area contributed by atoms with Crippen LogP contribution < -0.4 is 15.5 Å². The minimum absolute atomic E-state index is 0.262. The van der Waals surface area contributed by atoms with Gasteiger partial charge in [0.25, 0.3) is 0 Å². The summed E-state index contributed by atoms with van der Waals surface area (Å²) < 4.78 is 6.86. The number of likely N-dealkylation sites (tertiary alicyclic amines) is 1. The van der Waals surface area contributed by atoms with Crippen LogP contribution in [0.1, 0.15) is 36.9 Å². The Hall–Kier alpha value is -3.64. The van der Waals surface area contributed by atoms with Gasteiger partial charge in [0.1, 0.15) is 6.07 Å². The lowest BCUT2D eigenvalue weighted by Crippen LogP contribution is -2.46. The number of rotatable bonds is 7. The van der Waals surface area contributed by atoms with E-state index in [-0.39, 0.29) is 5.95 Å². The van der Waals surface area contributed by atoms with Gasteiger partial charge in [0.05, 0.1) is 41.0 Å². The molecule has 2 saturated heterocycles. The van der Waals surface area contributed by atoms with Crippen LogP contribution in [0.4, 0.5) is 23.1 Å². The second-order valence-electron chi connectivity index (χ2n) is 9.87. The van der Waals surface area contributed by atoms with Crippen LogP contribution in [0.2, 0.25) is 5.02 Å². The minimum Gasteiger partial charge on any atom is -0.370 e. The quantitative estimate of drug-likeness (QED) is 0.480. The summed E-state index contributed by atoms with van der Waals surface area (Å²) in [6, 6.07) is 8.77. The van der Waals surface area contributed by atoms with Gasteiger partial charge >= 0.3 is 0 Å². The topological polar surface area (TPSA) is 130 Å². The highest BCUT2D eigenvalue weighted by molar-refractivity contribution is 6.36. The Morgan fingerprint density at radius 2 is 2.03 bits per heavy atom. The first-order valence-corrected chi connectivity index (χ1v) is 12.9. The number of nitriles is 2. The molecule has 11 nitrogen and oxygen atoms in total. The molecule has 3 fully saturated rings. The Kier molecular flexibility index (Phi) is 6.21. The molecule has 2 aromatic heterocycles. The number of anilines is 4. The van der Waals surface area contributed by atoms with Crippen LogP contribution in [-0.2, 0) is 4.74 Å². The van der Waals surface area contributed by atoms with Crippen molar-refractivity contribution in [2.45, 2.75) is 37.8 Å². The van der Waals surface area contributed by atoms with Crippen molar-refractivity contribution in [3.05, 3.63) is 34.6 Å². The van der Waals surface area contributed by atoms with E-state index in [1.807, 2.05) is 6.07 Å². The van der Waals surface area contributed by atoms with Crippen molar-refractivity contribution in [1.82, 2.24) is 24.5 Å². The predicted octanol–water partition coefficient (Wildman–Crippen LogP) is 3.34. The van der Waals surface area contributed by atoms with Crippen LogP contribution in [0.3, 0.4) is 0 Å². The van der Waals surface area contributed by atoms with Gasteiger partial charge in [-0.15, -0.1) is 5.10 Å². The van der Waals surface area contributed by atoms with Crippen molar-refractivity contribution in [3.63, 3.8) is 0 Å². The first kappa shape index (κ1) is 23.7. The number of hydrogen-bond acceptors (Lipinski definition) is 10. The highest BCUT2D eigenvalue weighted by atomic mass is 35.5. The molecule has 12 heteroatoms. The summed E-state index contributed by atoms with van der Waals surface area (Å²) in [5.41, 5.74) is 2.66. The molecular formula is C25H27ClN10O. The third-order valence-corrected chi connectivity index (χ3v) is 7.81. The molecule has 1 saturated carbocycles. The fourth-order valence-electron chi connectivity index (χ4n) is 5.47. The van der Waals surface area contributed by atoms with Gasteiger partial charge in [-0.2, -0.15) is 20.0 Å². The van der Waals surface area contributed by atoms with E-state index >= 15 is 0 Å². The van der Waals surface area contributed by atoms with E-state index in [9.17, 15) is 10.5 Å². The Morgan fingerprint density at radius 1 is 1.16 bits per heavy atom. The number of piperidine rings is 1. The molecule has 1 aliphatic carbocycles. The van der Waals surface area contributed by atoms with E-state index in [2.05, 4.69) is 47.6 Å². The van der Waals surface area contributed by atoms with Crippen LogP contribution in [0.15, 0.2) is 18.3 Å². The average Bonchev–Trinajstić information content (AvgIpc) is 3.48. The molecule has 4 heterocycles. The lowest BCUT2D eigenvalue weighted by molar-refractivity contribution is 0.0433. The Morgan fingerprint density at radius 3 is 2.78 bits per heavy atom. The molecule has 0 spiro atoms. The highest BCUT2D eigenvalue weighted by Gasteiger charge is 2.38. The molecule has 3 aliphatic rings. The Bertz CT molecular complexity index is 1420. The molecule has 2 N–H and O–H groups in total. The maximum Gasteiger partial charge on any atom is 0.247 e. The van der Waals surface area contributed by atoms with Crippen molar-refractivity contribution in [2.75, 3.05) is 49.0 Å². The third-order valence-electron chi connectivity index (χ3n) is 7.41. The second kappa shape index (κ2) is 9.67. The predicted molar refractivity (Wildman–Crippen MR) is 139 cm³/mol.